The lowest BCUT2D eigenvalue weighted by atomic mass is 9.95. The van der Waals surface area contributed by atoms with Crippen molar-refractivity contribution in [3.8, 4) is 11.1 Å². The average Bonchev–Trinajstić information content (AvgIpc) is 3.10. The van der Waals surface area contributed by atoms with Gasteiger partial charge in [0.15, 0.2) is 0 Å². The number of carbonyl (C=O) groups is 1. The number of urea groups is 1. The number of nitrogens with one attached hydrogen (secondary N) is 3. The van der Waals surface area contributed by atoms with Crippen molar-refractivity contribution < 1.29 is 4.79 Å². The summed E-state index contributed by atoms with van der Waals surface area (Å²) in [7, 11) is 0. The Morgan fingerprint density at radius 2 is 2.25 bits per heavy atom. The van der Waals surface area contributed by atoms with Crippen molar-refractivity contribution in [1.82, 2.24) is 15.5 Å². The molecular weight excluding hydrogens is 320 g/mol. The molecule has 6 heteroatoms. The lowest BCUT2D eigenvalue weighted by Gasteiger charge is -2.29. The molecule has 1 aromatic carbocycles. The minimum atomic E-state index is -0.127. The van der Waals surface area contributed by atoms with Gasteiger partial charge in [-0.25, -0.2) is 4.79 Å². The summed E-state index contributed by atoms with van der Waals surface area (Å²) in [5, 5.41) is 13.6. The van der Waals surface area contributed by atoms with Crippen molar-refractivity contribution in [3.05, 3.63) is 36.7 Å². The van der Waals surface area contributed by atoms with Gasteiger partial charge in [0.2, 0.25) is 0 Å². The predicted molar refractivity (Wildman–Crippen MR) is 100 cm³/mol. The third kappa shape index (κ3) is 4.32. The molecule has 24 heavy (non-hydrogen) atoms. The lowest BCUT2D eigenvalue weighted by molar-refractivity contribution is 0.244. The van der Waals surface area contributed by atoms with E-state index in [4.69, 9.17) is 0 Å². The maximum atomic E-state index is 12.4. The zero-order valence-electron chi connectivity index (χ0n) is 13.9. The molecule has 1 aromatic heterocycles. The molecule has 2 unspecified atom stereocenters. The van der Waals surface area contributed by atoms with Gasteiger partial charge in [0.1, 0.15) is 0 Å². The van der Waals surface area contributed by atoms with Crippen LogP contribution in [0.1, 0.15) is 32.6 Å². The molecule has 0 bridgehead atoms. The predicted octanol–water partition coefficient (Wildman–Crippen LogP) is 4.26. The Labute approximate surface area is 147 Å². The highest BCUT2D eigenvalue weighted by atomic mass is 32.2. The number of para-hydroxylation sites is 1. The molecule has 128 valence electrons. The molecule has 1 aliphatic carbocycles. The Morgan fingerprint density at radius 1 is 1.38 bits per heavy atom. The largest absolute Gasteiger partial charge is 0.335 e. The third-order valence-electron chi connectivity index (χ3n) is 4.35. The van der Waals surface area contributed by atoms with Crippen molar-refractivity contribution in [3.63, 3.8) is 0 Å². The normalized spacial score (nSPS) is 20.5. The number of thioether (sulfide) groups is 1. The number of H-pyrrole nitrogens is 1. The standard InChI is InChI=1S/C18H24N4OS/c1-2-24-15-7-5-6-14(10-15)21-18(23)22-17-9-4-3-8-16(17)13-11-19-20-12-13/h3-4,8-9,11-12,14-15H,2,5-7,10H2,1H3,(H,19,20)(H2,21,22,23). The highest BCUT2D eigenvalue weighted by Crippen LogP contribution is 2.29. The van der Waals surface area contributed by atoms with E-state index in [-0.39, 0.29) is 12.1 Å². The molecule has 1 fully saturated rings. The number of carbonyl (C=O) groups excluding carboxylic acids is 1. The van der Waals surface area contributed by atoms with Gasteiger partial charge in [0.25, 0.3) is 0 Å². The summed E-state index contributed by atoms with van der Waals surface area (Å²) in [5.74, 6) is 1.14. The van der Waals surface area contributed by atoms with Crippen LogP contribution in [0.5, 0.6) is 0 Å². The van der Waals surface area contributed by atoms with Gasteiger partial charge in [-0.3, -0.25) is 5.10 Å². The van der Waals surface area contributed by atoms with E-state index in [0.29, 0.717) is 5.25 Å². The molecule has 2 aromatic rings. The lowest BCUT2D eigenvalue weighted by Crippen LogP contribution is -2.41. The van der Waals surface area contributed by atoms with Gasteiger partial charge >= 0.3 is 6.03 Å². The summed E-state index contributed by atoms with van der Waals surface area (Å²) < 4.78 is 0. The van der Waals surface area contributed by atoms with Gasteiger partial charge < -0.3 is 10.6 Å². The first kappa shape index (κ1) is 16.9. The van der Waals surface area contributed by atoms with E-state index in [1.54, 1.807) is 6.20 Å². The molecule has 0 radical (unpaired) electrons. The third-order valence-corrected chi connectivity index (χ3v) is 5.58. The van der Waals surface area contributed by atoms with E-state index < -0.39 is 0 Å². The van der Waals surface area contributed by atoms with Crippen molar-refractivity contribution in [2.24, 2.45) is 0 Å². The molecule has 0 aliphatic heterocycles. The molecule has 3 N–H and O–H groups in total. The van der Waals surface area contributed by atoms with Crippen LogP contribution < -0.4 is 10.6 Å². The minimum absolute atomic E-state index is 0.127. The van der Waals surface area contributed by atoms with E-state index in [2.05, 4.69) is 27.8 Å². The van der Waals surface area contributed by atoms with Crippen LogP contribution in [0, 0.1) is 0 Å². The van der Waals surface area contributed by atoms with Crippen LogP contribution in [0.25, 0.3) is 11.1 Å². The van der Waals surface area contributed by atoms with Crippen LogP contribution in [0.3, 0.4) is 0 Å². The Kier molecular flexibility index (Phi) is 5.80. The van der Waals surface area contributed by atoms with Gasteiger partial charge in [-0.2, -0.15) is 16.9 Å². The number of aromatic amines is 1. The number of aromatic nitrogens is 2. The van der Waals surface area contributed by atoms with Crippen LogP contribution in [-0.2, 0) is 0 Å². The van der Waals surface area contributed by atoms with Crippen LogP contribution in [0.4, 0.5) is 10.5 Å². The van der Waals surface area contributed by atoms with Gasteiger partial charge in [-0.15, -0.1) is 0 Å². The summed E-state index contributed by atoms with van der Waals surface area (Å²) in [4.78, 5) is 12.4. The highest BCUT2D eigenvalue weighted by molar-refractivity contribution is 7.99. The molecule has 0 saturated heterocycles. The Morgan fingerprint density at radius 3 is 3.04 bits per heavy atom. The maximum absolute atomic E-state index is 12.4. The second-order valence-corrected chi connectivity index (χ2v) is 7.65. The first-order valence-electron chi connectivity index (χ1n) is 8.53. The van der Waals surface area contributed by atoms with E-state index >= 15 is 0 Å². The zero-order valence-corrected chi connectivity index (χ0v) is 14.7. The zero-order chi connectivity index (χ0) is 16.8. The van der Waals surface area contributed by atoms with Gasteiger partial charge in [-0.1, -0.05) is 31.5 Å². The molecular formula is C18H24N4OS. The summed E-state index contributed by atoms with van der Waals surface area (Å²) in [6.07, 6.45) is 8.17. The summed E-state index contributed by atoms with van der Waals surface area (Å²) in [6.45, 7) is 2.20. The maximum Gasteiger partial charge on any atom is 0.319 e. The van der Waals surface area contributed by atoms with Crippen LogP contribution in [0.2, 0.25) is 0 Å². The fourth-order valence-electron chi connectivity index (χ4n) is 3.25. The summed E-state index contributed by atoms with van der Waals surface area (Å²) in [6, 6.07) is 7.92. The van der Waals surface area contributed by atoms with Crippen molar-refractivity contribution in [1.29, 1.82) is 0 Å². The molecule has 0 spiro atoms. The fraction of sp³-hybridized carbons (Fsp3) is 0.444. The van der Waals surface area contributed by atoms with Gasteiger partial charge in [-0.05, 0) is 31.1 Å². The number of rotatable bonds is 5. The first-order valence-corrected chi connectivity index (χ1v) is 9.58. The number of hydrogen-bond acceptors (Lipinski definition) is 3. The number of hydrogen-bond donors (Lipinski definition) is 3. The fourth-order valence-corrected chi connectivity index (χ4v) is 4.42. The van der Waals surface area contributed by atoms with Gasteiger partial charge in [0, 0.05) is 28.6 Å². The van der Waals surface area contributed by atoms with Crippen molar-refractivity contribution in [2.45, 2.75) is 43.9 Å². The minimum Gasteiger partial charge on any atom is -0.335 e. The SMILES string of the molecule is CCSC1CCCC(NC(=O)Nc2ccccc2-c2cn[nH]c2)C1. The van der Waals surface area contributed by atoms with Crippen LogP contribution in [0.15, 0.2) is 36.7 Å². The Hall–Kier alpha value is -1.95. The van der Waals surface area contributed by atoms with E-state index in [1.165, 1.54) is 12.8 Å². The van der Waals surface area contributed by atoms with Crippen molar-refractivity contribution >= 4 is 23.5 Å². The smallest absolute Gasteiger partial charge is 0.319 e. The Balaban J connectivity index is 1.61. The second-order valence-electron chi connectivity index (χ2n) is 6.07. The van der Waals surface area contributed by atoms with E-state index in [0.717, 1.165) is 35.4 Å². The van der Waals surface area contributed by atoms with Crippen molar-refractivity contribution in [2.75, 3.05) is 11.1 Å². The van der Waals surface area contributed by atoms with E-state index in [1.807, 2.05) is 42.2 Å². The average molecular weight is 344 g/mol. The van der Waals surface area contributed by atoms with Crippen LogP contribution >= 0.6 is 11.8 Å². The molecule has 5 nitrogen and oxygen atoms in total. The molecule has 1 saturated carbocycles. The van der Waals surface area contributed by atoms with E-state index in [9.17, 15) is 4.79 Å². The topological polar surface area (TPSA) is 69.8 Å². The summed E-state index contributed by atoms with van der Waals surface area (Å²) >= 11 is 2.01. The monoisotopic (exact) mass is 344 g/mol. The number of benzene rings is 1. The second kappa shape index (κ2) is 8.24. The molecule has 2 amide bonds. The summed E-state index contributed by atoms with van der Waals surface area (Å²) in [5.41, 5.74) is 2.72. The number of anilines is 1. The highest BCUT2D eigenvalue weighted by Gasteiger charge is 2.23. The molecule has 1 heterocycles. The number of nitrogens with zero attached hydrogens (tertiary/aromatic N) is 1. The number of amides is 2. The Bertz CT molecular complexity index is 657. The quantitative estimate of drug-likeness (QED) is 0.759. The first-order chi connectivity index (χ1) is 11.8. The van der Waals surface area contributed by atoms with Gasteiger partial charge in [0.05, 0.1) is 11.9 Å². The van der Waals surface area contributed by atoms with Crippen LogP contribution in [-0.4, -0.2) is 33.3 Å². The molecule has 1 aliphatic rings. The molecule has 2 atom stereocenters. The molecule has 3 rings (SSSR count).